The highest BCUT2D eigenvalue weighted by atomic mass is 15.1. The van der Waals surface area contributed by atoms with Gasteiger partial charge in [0.2, 0.25) is 0 Å². The van der Waals surface area contributed by atoms with Crippen molar-refractivity contribution < 1.29 is 0 Å². The highest BCUT2D eigenvalue weighted by Gasteiger charge is 2.35. The summed E-state index contributed by atoms with van der Waals surface area (Å²) in [5, 5.41) is 2.51. The third kappa shape index (κ3) is 7.28. The number of para-hydroxylation sites is 3. The monoisotopic (exact) mass is 923 g/mol. The third-order valence-corrected chi connectivity index (χ3v) is 14.7. The van der Waals surface area contributed by atoms with Crippen molar-refractivity contribution in [2.75, 3.05) is 11.9 Å². The van der Waals surface area contributed by atoms with E-state index in [0.717, 1.165) is 56.0 Å². The molecule has 0 atom stereocenters. The van der Waals surface area contributed by atoms with Crippen molar-refractivity contribution in [3.8, 4) is 84.4 Å². The molecule has 72 heavy (non-hydrogen) atoms. The Morgan fingerprint density at radius 1 is 0.361 bits per heavy atom. The molecule has 0 radical (unpaired) electrons. The molecule has 0 saturated heterocycles. The molecule has 1 aliphatic carbocycles. The SMILES string of the molecule is CN(c1ccc(-c2cccc3c2c2ccccc2n3-c2ccccc2)cc1)c1ccccc1-c1ccc(-c2cccc(-c3nc(-c4ccccc4)nc(-c4ccc5c(c4)C(C)(C)c4ccccc4-5)n3)c2)cc1. The van der Waals surface area contributed by atoms with Gasteiger partial charge in [-0.05, 0) is 105 Å². The number of fused-ring (bicyclic) bond motifs is 6. The summed E-state index contributed by atoms with van der Waals surface area (Å²) < 4.78 is 2.38. The fourth-order valence-electron chi connectivity index (χ4n) is 11.0. The van der Waals surface area contributed by atoms with Crippen LogP contribution >= 0.6 is 0 Å². The molecule has 0 saturated carbocycles. The van der Waals surface area contributed by atoms with Gasteiger partial charge in [-0.1, -0.05) is 202 Å². The molecule has 12 aromatic rings. The number of hydrogen-bond acceptors (Lipinski definition) is 4. The van der Waals surface area contributed by atoms with Crippen LogP contribution in [0.5, 0.6) is 0 Å². The number of benzene rings is 10. The molecule has 0 N–H and O–H groups in total. The van der Waals surface area contributed by atoms with E-state index in [-0.39, 0.29) is 5.41 Å². The van der Waals surface area contributed by atoms with Crippen LogP contribution in [0.3, 0.4) is 0 Å². The van der Waals surface area contributed by atoms with Crippen molar-refractivity contribution in [1.29, 1.82) is 0 Å². The standard InChI is InChI=1S/C67H49N5/c1-67(2)58-28-13-10-25-55(58)56-41-38-50(43-59(56)67)66-69-64(47-18-6-4-7-19-47)68-65(70-66)49-21-16-20-48(42-49)44-32-34-45(35-33-44)53-24-11-14-29-60(53)71(3)51-39-36-46(37-40-51)54-27-17-31-62-63(54)57-26-12-15-30-61(57)72(62)52-22-8-5-9-23-52/h4-43H,1-3H3. The van der Waals surface area contributed by atoms with Crippen LogP contribution in [-0.2, 0) is 5.41 Å². The maximum absolute atomic E-state index is 5.19. The van der Waals surface area contributed by atoms with Gasteiger partial charge in [0, 0.05) is 62.6 Å². The topological polar surface area (TPSA) is 46.8 Å². The lowest BCUT2D eigenvalue weighted by molar-refractivity contribution is 0.660. The Morgan fingerprint density at radius 3 is 1.65 bits per heavy atom. The second-order valence-electron chi connectivity index (χ2n) is 19.3. The van der Waals surface area contributed by atoms with Crippen LogP contribution in [0, 0.1) is 0 Å². The summed E-state index contributed by atoms with van der Waals surface area (Å²) in [6.45, 7) is 4.61. The second-order valence-corrected chi connectivity index (χ2v) is 19.3. The van der Waals surface area contributed by atoms with E-state index in [9.17, 15) is 0 Å². The molecule has 0 bridgehead atoms. The Labute approximate surface area is 420 Å². The number of hydrogen-bond donors (Lipinski definition) is 0. The Morgan fingerprint density at radius 2 is 0.875 bits per heavy atom. The van der Waals surface area contributed by atoms with Crippen LogP contribution in [0.4, 0.5) is 11.4 Å². The average molecular weight is 924 g/mol. The maximum Gasteiger partial charge on any atom is 0.164 e. The lowest BCUT2D eigenvalue weighted by Gasteiger charge is -2.23. The maximum atomic E-state index is 5.19. The van der Waals surface area contributed by atoms with Crippen molar-refractivity contribution in [1.82, 2.24) is 19.5 Å². The van der Waals surface area contributed by atoms with Crippen molar-refractivity contribution in [2.24, 2.45) is 0 Å². The number of nitrogens with zero attached hydrogens (tertiary/aromatic N) is 5. The number of anilines is 2. The molecule has 5 heteroatoms. The lowest BCUT2D eigenvalue weighted by atomic mass is 9.82. The van der Waals surface area contributed by atoms with E-state index in [0.29, 0.717) is 17.5 Å². The second kappa shape index (κ2) is 17.3. The molecule has 0 unspecified atom stereocenters. The Kier molecular flexibility index (Phi) is 10.3. The van der Waals surface area contributed by atoms with Crippen molar-refractivity contribution >= 4 is 33.2 Å². The molecular formula is C67H49N5. The number of rotatable bonds is 9. The van der Waals surface area contributed by atoms with E-state index in [1.54, 1.807) is 0 Å². The van der Waals surface area contributed by atoms with Crippen LogP contribution in [0.1, 0.15) is 25.0 Å². The van der Waals surface area contributed by atoms with Crippen molar-refractivity contribution in [2.45, 2.75) is 19.3 Å². The van der Waals surface area contributed by atoms with E-state index in [1.807, 2.05) is 18.2 Å². The van der Waals surface area contributed by atoms with Crippen LogP contribution < -0.4 is 4.90 Å². The van der Waals surface area contributed by atoms with Crippen LogP contribution in [-0.4, -0.2) is 26.6 Å². The van der Waals surface area contributed by atoms with Gasteiger partial charge in [0.15, 0.2) is 17.5 Å². The summed E-state index contributed by atoms with van der Waals surface area (Å²) in [5.74, 6) is 1.94. The smallest absolute Gasteiger partial charge is 0.164 e. The first-order valence-corrected chi connectivity index (χ1v) is 24.7. The van der Waals surface area contributed by atoms with E-state index < -0.39 is 0 Å². The quantitative estimate of drug-likeness (QED) is 0.145. The zero-order valence-electron chi connectivity index (χ0n) is 40.3. The van der Waals surface area contributed by atoms with E-state index in [2.05, 4.69) is 255 Å². The van der Waals surface area contributed by atoms with E-state index in [1.165, 1.54) is 55.2 Å². The van der Waals surface area contributed by atoms with Crippen LogP contribution in [0.2, 0.25) is 0 Å². The van der Waals surface area contributed by atoms with Gasteiger partial charge in [-0.25, -0.2) is 15.0 Å². The first-order chi connectivity index (χ1) is 35.4. The van der Waals surface area contributed by atoms with Gasteiger partial charge in [0.05, 0.1) is 11.0 Å². The molecule has 5 nitrogen and oxygen atoms in total. The molecule has 1 aliphatic rings. The van der Waals surface area contributed by atoms with Crippen molar-refractivity contribution in [3.05, 3.63) is 254 Å². The zero-order chi connectivity index (χ0) is 48.3. The van der Waals surface area contributed by atoms with Gasteiger partial charge in [-0.15, -0.1) is 0 Å². The van der Waals surface area contributed by atoms with E-state index in [4.69, 9.17) is 15.0 Å². The van der Waals surface area contributed by atoms with E-state index >= 15 is 0 Å². The molecule has 2 aromatic heterocycles. The predicted octanol–water partition coefficient (Wildman–Crippen LogP) is 17.0. The summed E-state index contributed by atoms with van der Waals surface area (Å²) in [6, 6.07) is 86.7. The Bertz CT molecular complexity index is 4000. The van der Waals surface area contributed by atoms with Gasteiger partial charge in [0.1, 0.15) is 0 Å². The molecular weight excluding hydrogens is 875 g/mol. The van der Waals surface area contributed by atoms with Gasteiger partial charge >= 0.3 is 0 Å². The normalized spacial score (nSPS) is 12.5. The summed E-state index contributed by atoms with van der Waals surface area (Å²) in [6.07, 6.45) is 0. The Hall–Kier alpha value is -9.19. The molecule has 13 rings (SSSR count). The Balaban J connectivity index is 0.797. The molecule has 342 valence electrons. The first-order valence-electron chi connectivity index (χ1n) is 24.7. The average Bonchev–Trinajstić information content (AvgIpc) is 3.91. The summed E-state index contributed by atoms with van der Waals surface area (Å²) in [4.78, 5) is 17.7. The fourth-order valence-corrected chi connectivity index (χ4v) is 11.0. The van der Waals surface area contributed by atoms with Gasteiger partial charge in [0.25, 0.3) is 0 Å². The minimum Gasteiger partial charge on any atom is -0.344 e. The molecule has 0 spiro atoms. The van der Waals surface area contributed by atoms with Crippen molar-refractivity contribution in [3.63, 3.8) is 0 Å². The first kappa shape index (κ1) is 42.9. The minimum atomic E-state index is -0.139. The summed E-state index contributed by atoms with van der Waals surface area (Å²) in [5.41, 5.74) is 20.6. The van der Waals surface area contributed by atoms with Crippen LogP contribution in [0.25, 0.3) is 106 Å². The highest BCUT2D eigenvalue weighted by molar-refractivity contribution is 6.15. The largest absolute Gasteiger partial charge is 0.344 e. The molecule has 0 aliphatic heterocycles. The minimum absolute atomic E-state index is 0.139. The van der Waals surface area contributed by atoms with Crippen LogP contribution in [0.15, 0.2) is 243 Å². The highest BCUT2D eigenvalue weighted by Crippen LogP contribution is 2.49. The van der Waals surface area contributed by atoms with Gasteiger partial charge in [-0.3, -0.25) is 0 Å². The van der Waals surface area contributed by atoms with Gasteiger partial charge in [-0.2, -0.15) is 0 Å². The van der Waals surface area contributed by atoms with Gasteiger partial charge < -0.3 is 9.47 Å². The molecule has 0 amide bonds. The third-order valence-electron chi connectivity index (χ3n) is 14.7. The summed E-state index contributed by atoms with van der Waals surface area (Å²) >= 11 is 0. The fraction of sp³-hybridized carbons (Fsp3) is 0.0597. The summed E-state index contributed by atoms with van der Waals surface area (Å²) in [7, 11) is 2.15. The zero-order valence-corrected chi connectivity index (χ0v) is 40.3. The number of aromatic nitrogens is 4. The predicted molar refractivity (Wildman–Crippen MR) is 299 cm³/mol. The lowest BCUT2D eigenvalue weighted by Crippen LogP contribution is -2.15. The molecule has 2 heterocycles. The molecule has 0 fully saturated rings. The molecule has 10 aromatic carbocycles.